The average molecular weight is 237 g/mol. The van der Waals surface area contributed by atoms with Crippen molar-refractivity contribution in [2.75, 3.05) is 0 Å². The minimum absolute atomic E-state index is 0.306. The molecule has 0 aliphatic heterocycles. The number of nitrogens with one attached hydrogen (secondary N) is 1. The summed E-state index contributed by atoms with van der Waals surface area (Å²) < 4.78 is 5.40. The van der Waals surface area contributed by atoms with Crippen molar-refractivity contribution < 1.29 is 14.3 Å². The number of nitrogens with two attached hydrogens (primary N) is 2. The van der Waals surface area contributed by atoms with Crippen LogP contribution in [0.3, 0.4) is 0 Å². The van der Waals surface area contributed by atoms with Gasteiger partial charge < -0.3 is 16.2 Å². The zero-order chi connectivity index (χ0) is 12.8. The molecule has 6 heteroatoms. The molecule has 17 heavy (non-hydrogen) atoms. The second kappa shape index (κ2) is 5.86. The number of amides is 3. The molecule has 1 aromatic carbocycles. The van der Waals surface area contributed by atoms with E-state index in [9.17, 15) is 9.59 Å². The fourth-order valence-corrected chi connectivity index (χ4v) is 1.25. The van der Waals surface area contributed by atoms with Gasteiger partial charge in [-0.25, -0.2) is 4.79 Å². The van der Waals surface area contributed by atoms with Gasteiger partial charge in [-0.05, 0) is 13.0 Å². The van der Waals surface area contributed by atoms with Crippen LogP contribution in [-0.4, -0.2) is 18.0 Å². The summed E-state index contributed by atoms with van der Waals surface area (Å²) in [5, 5.41) is 1.94. The molecule has 0 aliphatic carbocycles. The number of ether oxygens (including phenoxy) is 1. The van der Waals surface area contributed by atoms with Gasteiger partial charge in [-0.2, -0.15) is 0 Å². The van der Waals surface area contributed by atoms with E-state index in [-0.39, 0.29) is 0 Å². The number of para-hydroxylation sites is 1. The molecule has 0 saturated heterocycles. The highest BCUT2D eigenvalue weighted by molar-refractivity contribution is 5.95. The van der Waals surface area contributed by atoms with Crippen molar-refractivity contribution >= 4 is 11.9 Å². The van der Waals surface area contributed by atoms with Crippen molar-refractivity contribution in [3.8, 4) is 5.75 Å². The van der Waals surface area contributed by atoms with Crippen LogP contribution in [0, 0.1) is 0 Å². The monoisotopic (exact) mass is 237 g/mol. The highest BCUT2D eigenvalue weighted by atomic mass is 16.5. The summed E-state index contributed by atoms with van der Waals surface area (Å²) in [6.07, 6.45) is -0.824. The Hall–Kier alpha value is -2.08. The summed E-state index contributed by atoms with van der Waals surface area (Å²) in [5.41, 5.74) is 11.1. The number of hydrogen-bond donors (Lipinski definition) is 3. The van der Waals surface area contributed by atoms with Gasteiger partial charge in [-0.3, -0.25) is 10.1 Å². The first-order valence-corrected chi connectivity index (χ1v) is 5.09. The maximum atomic E-state index is 11.4. The summed E-state index contributed by atoms with van der Waals surface area (Å²) in [7, 11) is 0. The second-order valence-corrected chi connectivity index (χ2v) is 3.43. The molecular weight excluding hydrogens is 222 g/mol. The van der Waals surface area contributed by atoms with Gasteiger partial charge in [0.05, 0.1) is 0 Å². The third kappa shape index (κ3) is 3.76. The van der Waals surface area contributed by atoms with Gasteiger partial charge in [0, 0.05) is 12.1 Å². The Bertz CT molecular complexity index is 420. The fraction of sp³-hybridized carbons (Fsp3) is 0.273. The molecule has 0 saturated carbocycles. The number of imide groups is 1. The van der Waals surface area contributed by atoms with Crippen molar-refractivity contribution in [1.82, 2.24) is 5.32 Å². The minimum atomic E-state index is -0.905. The van der Waals surface area contributed by atoms with E-state index < -0.39 is 18.0 Å². The molecule has 0 bridgehead atoms. The third-order valence-electron chi connectivity index (χ3n) is 2.11. The molecule has 0 aliphatic rings. The number of urea groups is 1. The molecule has 0 fully saturated rings. The topological polar surface area (TPSA) is 107 Å². The first-order chi connectivity index (χ1) is 8.04. The summed E-state index contributed by atoms with van der Waals surface area (Å²) in [6.45, 7) is 1.83. The van der Waals surface area contributed by atoms with E-state index >= 15 is 0 Å². The zero-order valence-corrected chi connectivity index (χ0v) is 9.47. The highest BCUT2D eigenvalue weighted by Gasteiger charge is 2.17. The van der Waals surface area contributed by atoms with Crippen LogP contribution in [0.2, 0.25) is 0 Å². The van der Waals surface area contributed by atoms with Crippen molar-refractivity contribution in [1.29, 1.82) is 0 Å². The van der Waals surface area contributed by atoms with Gasteiger partial charge in [0.15, 0.2) is 6.10 Å². The molecule has 0 heterocycles. The summed E-state index contributed by atoms with van der Waals surface area (Å²) in [4.78, 5) is 21.9. The van der Waals surface area contributed by atoms with Crippen molar-refractivity contribution in [2.45, 2.75) is 19.6 Å². The first-order valence-electron chi connectivity index (χ1n) is 5.09. The van der Waals surface area contributed by atoms with E-state index in [1.54, 1.807) is 18.2 Å². The van der Waals surface area contributed by atoms with Crippen molar-refractivity contribution in [2.24, 2.45) is 11.5 Å². The Morgan fingerprint density at radius 3 is 2.65 bits per heavy atom. The van der Waals surface area contributed by atoms with Crippen LogP contribution >= 0.6 is 0 Å². The predicted octanol–water partition coefficient (Wildman–Crippen LogP) is 0.107. The lowest BCUT2D eigenvalue weighted by Gasteiger charge is -2.15. The fourth-order valence-electron chi connectivity index (χ4n) is 1.25. The highest BCUT2D eigenvalue weighted by Crippen LogP contribution is 2.18. The Balaban J connectivity index is 2.70. The van der Waals surface area contributed by atoms with Crippen LogP contribution < -0.4 is 21.5 Å². The quantitative estimate of drug-likeness (QED) is 0.690. The van der Waals surface area contributed by atoms with E-state index in [0.29, 0.717) is 12.3 Å². The molecule has 0 aromatic heterocycles. The normalized spacial score (nSPS) is 11.6. The Morgan fingerprint density at radius 1 is 1.41 bits per heavy atom. The van der Waals surface area contributed by atoms with E-state index in [0.717, 1.165) is 5.56 Å². The van der Waals surface area contributed by atoms with Gasteiger partial charge in [0.25, 0.3) is 5.91 Å². The molecule has 3 amide bonds. The number of carbonyl (C=O) groups excluding carboxylic acids is 2. The Kier molecular flexibility index (Phi) is 4.47. The van der Waals surface area contributed by atoms with E-state index in [1.165, 1.54) is 6.92 Å². The standard InChI is InChI=1S/C11H15N3O3/c1-7(10(15)14-11(13)16)17-9-5-3-2-4-8(9)6-12/h2-5,7H,6,12H2,1H3,(H3,13,14,15,16). The molecule has 0 radical (unpaired) electrons. The number of primary amides is 1. The average Bonchev–Trinajstić information content (AvgIpc) is 2.28. The van der Waals surface area contributed by atoms with Crippen LogP contribution in [0.1, 0.15) is 12.5 Å². The van der Waals surface area contributed by atoms with Crippen LogP contribution in [-0.2, 0) is 11.3 Å². The molecular formula is C11H15N3O3. The van der Waals surface area contributed by atoms with Gasteiger partial charge >= 0.3 is 6.03 Å². The SMILES string of the molecule is CC(Oc1ccccc1CN)C(=O)NC(N)=O. The molecule has 1 aromatic rings. The molecule has 5 N–H and O–H groups in total. The smallest absolute Gasteiger partial charge is 0.318 e. The van der Waals surface area contributed by atoms with Gasteiger partial charge in [0.1, 0.15) is 5.75 Å². The third-order valence-corrected chi connectivity index (χ3v) is 2.11. The Morgan fingerprint density at radius 2 is 2.06 bits per heavy atom. The number of carbonyl (C=O) groups is 2. The van der Waals surface area contributed by atoms with E-state index in [2.05, 4.69) is 0 Å². The molecule has 0 spiro atoms. The van der Waals surface area contributed by atoms with Crippen LogP contribution in [0.4, 0.5) is 4.79 Å². The number of benzene rings is 1. The lowest BCUT2D eigenvalue weighted by molar-refractivity contribution is -0.126. The molecule has 6 nitrogen and oxygen atoms in total. The Labute approximate surface area is 98.9 Å². The van der Waals surface area contributed by atoms with Crippen molar-refractivity contribution in [3.63, 3.8) is 0 Å². The lowest BCUT2D eigenvalue weighted by Crippen LogP contribution is -2.42. The molecule has 92 valence electrons. The minimum Gasteiger partial charge on any atom is -0.481 e. The molecule has 1 atom stereocenters. The van der Waals surface area contributed by atoms with Crippen LogP contribution in [0.15, 0.2) is 24.3 Å². The predicted molar refractivity (Wildman–Crippen MR) is 62.1 cm³/mol. The van der Waals surface area contributed by atoms with E-state index in [4.69, 9.17) is 16.2 Å². The maximum Gasteiger partial charge on any atom is 0.318 e. The zero-order valence-electron chi connectivity index (χ0n) is 9.47. The van der Waals surface area contributed by atoms with Gasteiger partial charge in [0.2, 0.25) is 0 Å². The number of rotatable bonds is 4. The van der Waals surface area contributed by atoms with E-state index in [1.807, 2.05) is 11.4 Å². The van der Waals surface area contributed by atoms with Crippen LogP contribution in [0.5, 0.6) is 5.75 Å². The van der Waals surface area contributed by atoms with Gasteiger partial charge in [-0.1, -0.05) is 18.2 Å². The maximum absolute atomic E-state index is 11.4. The lowest BCUT2D eigenvalue weighted by atomic mass is 10.2. The second-order valence-electron chi connectivity index (χ2n) is 3.43. The summed E-state index contributed by atoms with van der Waals surface area (Å²) >= 11 is 0. The first kappa shape index (κ1) is 13.0. The largest absolute Gasteiger partial charge is 0.481 e. The van der Waals surface area contributed by atoms with Crippen molar-refractivity contribution in [3.05, 3.63) is 29.8 Å². The molecule has 1 rings (SSSR count). The summed E-state index contributed by atoms with van der Waals surface area (Å²) in [5.74, 6) is -0.0774. The summed E-state index contributed by atoms with van der Waals surface area (Å²) in [6, 6.07) is 6.19. The van der Waals surface area contributed by atoms with Crippen LogP contribution in [0.25, 0.3) is 0 Å². The number of hydrogen-bond acceptors (Lipinski definition) is 4. The van der Waals surface area contributed by atoms with Gasteiger partial charge in [-0.15, -0.1) is 0 Å². The molecule has 1 unspecified atom stereocenters.